The lowest BCUT2D eigenvalue weighted by Crippen LogP contribution is -2.33. The second kappa shape index (κ2) is 7.84. The van der Waals surface area contributed by atoms with Gasteiger partial charge >= 0.3 is 0 Å². The molecule has 0 aliphatic carbocycles. The maximum absolute atomic E-state index is 11.4. The zero-order valence-electron chi connectivity index (χ0n) is 13.2. The first-order valence-corrected chi connectivity index (χ1v) is 7.78. The maximum Gasteiger partial charge on any atom is 0.258 e. The summed E-state index contributed by atoms with van der Waals surface area (Å²) in [4.78, 5) is 11.4. The molecule has 5 nitrogen and oxygen atoms in total. The molecule has 1 aliphatic heterocycles. The Kier molecular flexibility index (Phi) is 5.83. The first-order chi connectivity index (χ1) is 10.7. The van der Waals surface area contributed by atoms with E-state index < -0.39 is 12.0 Å². The molecular weight excluding hydrogens is 280 g/mol. The van der Waals surface area contributed by atoms with Gasteiger partial charge in [-0.2, -0.15) is 0 Å². The van der Waals surface area contributed by atoms with Gasteiger partial charge in [0.05, 0.1) is 6.61 Å². The highest BCUT2D eigenvalue weighted by Gasteiger charge is 2.18. The van der Waals surface area contributed by atoms with Gasteiger partial charge in [0.1, 0.15) is 0 Å². The summed E-state index contributed by atoms with van der Waals surface area (Å²) in [5.74, 6) is 0.750. The number of rotatable bonds is 7. The maximum atomic E-state index is 11.4. The van der Waals surface area contributed by atoms with Crippen molar-refractivity contribution in [1.82, 2.24) is 5.32 Å². The molecule has 0 radical (unpaired) electrons. The number of amides is 1. The third-order valence-electron chi connectivity index (χ3n) is 3.64. The van der Waals surface area contributed by atoms with E-state index in [-0.39, 0.29) is 0 Å². The Hall–Kier alpha value is -2.01. The van der Waals surface area contributed by atoms with Crippen molar-refractivity contribution in [2.75, 3.05) is 19.7 Å². The van der Waals surface area contributed by atoms with E-state index in [0.717, 1.165) is 25.1 Å². The van der Waals surface area contributed by atoms with E-state index in [1.165, 1.54) is 5.57 Å². The van der Waals surface area contributed by atoms with Crippen molar-refractivity contribution in [3.63, 3.8) is 0 Å². The highest BCUT2D eigenvalue weighted by molar-refractivity contribution is 5.79. The van der Waals surface area contributed by atoms with Crippen LogP contribution in [0.25, 0.3) is 5.57 Å². The Labute approximate surface area is 131 Å². The van der Waals surface area contributed by atoms with Crippen LogP contribution in [0.15, 0.2) is 24.3 Å². The lowest BCUT2D eigenvalue weighted by atomic mass is 10.00. The summed E-state index contributed by atoms with van der Waals surface area (Å²) >= 11 is 0. The number of benzene rings is 1. The number of primary amides is 1. The van der Waals surface area contributed by atoms with Gasteiger partial charge in [-0.3, -0.25) is 4.79 Å². The van der Waals surface area contributed by atoms with Gasteiger partial charge < -0.3 is 20.5 Å². The van der Waals surface area contributed by atoms with Gasteiger partial charge in [0.25, 0.3) is 5.91 Å². The van der Waals surface area contributed by atoms with E-state index in [4.69, 9.17) is 15.2 Å². The normalized spacial score (nSPS) is 15.8. The topological polar surface area (TPSA) is 73.6 Å². The fourth-order valence-electron chi connectivity index (χ4n) is 2.45. The van der Waals surface area contributed by atoms with Crippen molar-refractivity contribution in [3.8, 4) is 11.5 Å². The molecule has 5 heteroatoms. The average Bonchev–Trinajstić information content (AvgIpc) is 2.54. The standard InChI is InChI=1S/C17H24N2O3/c1-3-14(17(18)20)22-15-6-5-13(11-16(15)21-4-2)12-7-9-19-10-8-12/h5-7,11,14,19H,3-4,8-10H2,1-2H3,(H2,18,20). The molecule has 1 unspecified atom stereocenters. The molecule has 3 N–H and O–H groups in total. The minimum absolute atomic E-state index is 0.463. The fraction of sp³-hybridized carbons (Fsp3) is 0.471. The fourth-order valence-corrected chi connectivity index (χ4v) is 2.45. The highest BCUT2D eigenvalue weighted by atomic mass is 16.5. The van der Waals surface area contributed by atoms with Gasteiger partial charge in [0, 0.05) is 6.54 Å². The van der Waals surface area contributed by atoms with Crippen LogP contribution in [0.2, 0.25) is 0 Å². The third-order valence-corrected chi connectivity index (χ3v) is 3.64. The van der Waals surface area contributed by atoms with Crippen molar-refractivity contribution in [1.29, 1.82) is 0 Å². The summed E-state index contributed by atoms with van der Waals surface area (Å²) in [6, 6.07) is 5.83. The van der Waals surface area contributed by atoms with E-state index in [0.29, 0.717) is 24.5 Å². The molecule has 1 aliphatic rings. The van der Waals surface area contributed by atoms with Gasteiger partial charge in [-0.25, -0.2) is 0 Å². The Morgan fingerprint density at radius 3 is 2.77 bits per heavy atom. The van der Waals surface area contributed by atoms with Crippen LogP contribution in [-0.2, 0) is 4.79 Å². The summed E-state index contributed by atoms with van der Waals surface area (Å²) in [5.41, 5.74) is 7.77. The second-order valence-electron chi connectivity index (χ2n) is 5.20. The Bertz CT molecular complexity index is 555. The predicted octanol–water partition coefficient (Wildman–Crippen LogP) is 2.10. The van der Waals surface area contributed by atoms with Gasteiger partial charge in [-0.1, -0.05) is 19.1 Å². The van der Waals surface area contributed by atoms with E-state index in [2.05, 4.69) is 11.4 Å². The van der Waals surface area contributed by atoms with Gasteiger partial charge in [0.2, 0.25) is 0 Å². The van der Waals surface area contributed by atoms with Crippen LogP contribution in [0.5, 0.6) is 11.5 Å². The Balaban J connectivity index is 2.26. The molecule has 1 heterocycles. The molecule has 1 aromatic carbocycles. The van der Waals surface area contributed by atoms with E-state index in [1.54, 1.807) is 0 Å². The zero-order valence-corrected chi connectivity index (χ0v) is 13.2. The molecule has 0 bridgehead atoms. The lowest BCUT2D eigenvalue weighted by molar-refractivity contribution is -0.124. The molecule has 120 valence electrons. The van der Waals surface area contributed by atoms with Crippen molar-refractivity contribution in [3.05, 3.63) is 29.8 Å². The van der Waals surface area contributed by atoms with Crippen LogP contribution in [0.3, 0.4) is 0 Å². The van der Waals surface area contributed by atoms with Crippen molar-refractivity contribution >= 4 is 11.5 Å². The molecule has 2 rings (SSSR count). The number of nitrogens with two attached hydrogens (primary N) is 1. The van der Waals surface area contributed by atoms with Crippen LogP contribution < -0.4 is 20.5 Å². The molecule has 1 aromatic rings. The Morgan fingerprint density at radius 1 is 1.36 bits per heavy atom. The summed E-state index contributed by atoms with van der Waals surface area (Å²) in [6.07, 6.45) is 3.07. The van der Waals surface area contributed by atoms with E-state index in [1.807, 2.05) is 32.0 Å². The number of carbonyl (C=O) groups excluding carboxylic acids is 1. The van der Waals surface area contributed by atoms with E-state index in [9.17, 15) is 4.79 Å². The molecule has 22 heavy (non-hydrogen) atoms. The predicted molar refractivity (Wildman–Crippen MR) is 87.0 cm³/mol. The first-order valence-electron chi connectivity index (χ1n) is 7.78. The second-order valence-corrected chi connectivity index (χ2v) is 5.20. The van der Waals surface area contributed by atoms with Crippen molar-refractivity contribution in [2.45, 2.75) is 32.8 Å². The zero-order chi connectivity index (χ0) is 15.9. The number of hydrogen-bond acceptors (Lipinski definition) is 4. The summed E-state index contributed by atoms with van der Waals surface area (Å²) in [5, 5.41) is 3.30. The molecule has 1 amide bonds. The lowest BCUT2D eigenvalue weighted by Gasteiger charge is -2.19. The first kappa shape index (κ1) is 16.4. The van der Waals surface area contributed by atoms with E-state index >= 15 is 0 Å². The van der Waals surface area contributed by atoms with Crippen LogP contribution in [0, 0.1) is 0 Å². The number of ether oxygens (including phenoxy) is 2. The summed E-state index contributed by atoms with van der Waals surface area (Å²) in [6.45, 7) is 6.19. The van der Waals surface area contributed by atoms with Gasteiger partial charge in [-0.05, 0) is 49.6 Å². The number of carbonyl (C=O) groups is 1. The monoisotopic (exact) mass is 304 g/mol. The van der Waals surface area contributed by atoms with Crippen LogP contribution in [0.1, 0.15) is 32.3 Å². The SMILES string of the molecule is CCOc1cc(C2=CCNCC2)ccc1OC(CC)C(N)=O. The van der Waals surface area contributed by atoms with Crippen LogP contribution in [0.4, 0.5) is 0 Å². The van der Waals surface area contributed by atoms with Crippen LogP contribution in [-0.4, -0.2) is 31.7 Å². The smallest absolute Gasteiger partial charge is 0.258 e. The molecule has 1 atom stereocenters. The Morgan fingerprint density at radius 2 is 2.18 bits per heavy atom. The number of nitrogens with one attached hydrogen (secondary N) is 1. The third kappa shape index (κ3) is 4.01. The number of hydrogen-bond donors (Lipinski definition) is 2. The summed E-state index contributed by atoms with van der Waals surface area (Å²) < 4.78 is 11.4. The van der Waals surface area contributed by atoms with Gasteiger partial charge in [0.15, 0.2) is 17.6 Å². The largest absolute Gasteiger partial charge is 0.490 e. The van der Waals surface area contributed by atoms with Crippen molar-refractivity contribution < 1.29 is 14.3 Å². The molecular formula is C17H24N2O3. The molecule has 0 aromatic heterocycles. The minimum atomic E-state index is -0.636. The molecule has 0 saturated carbocycles. The van der Waals surface area contributed by atoms with Crippen molar-refractivity contribution in [2.24, 2.45) is 5.73 Å². The molecule has 0 fully saturated rings. The average molecular weight is 304 g/mol. The van der Waals surface area contributed by atoms with Gasteiger partial charge in [-0.15, -0.1) is 0 Å². The quantitative estimate of drug-likeness (QED) is 0.809. The minimum Gasteiger partial charge on any atom is -0.490 e. The molecule has 0 saturated heterocycles. The molecule has 0 spiro atoms. The highest BCUT2D eigenvalue weighted by Crippen LogP contribution is 2.33. The van der Waals surface area contributed by atoms with Crippen LogP contribution >= 0.6 is 0 Å². The summed E-state index contributed by atoms with van der Waals surface area (Å²) in [7, 11) is 0.